The molecular weight excluding hydrogens is 414 g/mol. The second-order valence-electron chi connectivity index (χ2n) is 10.1. The molecule has 0 unspecified atom stereocenters. The Hall–Kier alpha value is -2.61. The lowest BCUT2D eigenvalue weighted by Gasteiger charge is -2.37. The molecule has 2 saturated carbocycles. The zero-order valence-corrected chi connectivity index (χ0v) is 19.9. The Morgan fingerprint density at radius 1 is 0.909 bits per heavy atom. The summed E-state index contributed by atoms with van der Waals surface area (Å²) in [7, 11) is 0. The molecule has 2 atom stereocenters. The Balaban J connectivity index is 1.37. The number of hydrogen-bond donors (Lipinski definition) is 0. The highest BCUT2D eigenvalue weighted by atomic mass is 16.5. The van der Waals surface area contributed by atoms with E-state index in [2.05, 4.69) is 27.8 Å². The second-order valence-corrected chi connectivity index (χ2v) is 10.1. The molecule has 4 heterocycles. The van der Waals surface area contributed by atoms with Crippen LogP contribution >= 0.6 is 0 Å². The van der Waals surface area contributed by atoms with Gasteiger partial charge in [0.05, 0.1) is 42.0 Å². The third-order valence-corrected chi connectivity index (χ3v) is 7.41. The molecule has 8 nitrogen and oxygen atoms in total. The van der Waals surface area contributed by atoms with Gasteiger partial charge in [-0.15, -0.1) is 0 Å². The Morgan fingerprint density at radius 2 is 1.70 bits per heavy atom. The number of ether oxygens (including phenoxy) is 1. The summed E-state index contributed by atoms with van der Waals surface area (Å²) in [4.78, 5) is 22.1. The summed E-state index contributed by atoms with van der Waals surface area (Å²) in [6.07, 6.45) is 12.8. The fourth-order valence-electron chi connectivity index (χ4n) is 5.28. The third-order valence-electron chi connectivity index (χ3n) is 7.41. The zero-order valence-electron chi connectivity index (χ0n) is 19.9. The van der Waals surface area contributed by atoms with E-state index in [1.807, 2.05) is 20.0 Å². The minimum Gasteiger partial charge on any atom is -0.367 e. The van der Waals surface area contributed by atoms with E-state index < -0.39 is 0 Å². The van der Waals surface area contributed by atoms with E-state index in [4.69, 9.17) is 24.7 Å². The summed E-state index contributed by atoms with van der Waals surface area (Å²) >= 11 is 0. The van der Waals surface area contributed by atoms with Gasteiger partial charge in [0.1, 0.15) is 11.6 Å². The smallest absolute Gasteiger partial charge is 0.227 e. The highest BCUT2D eigenvalue weighted by Gasteiger charge is 2.32. The summed E-state index contributed by atoms with van der Waals surface area (Å²) < 4.78 is 8.42. The van der Waals surface area contributed by atoms with Gasteiger partial charge in [-0.2, -0.15) is 10.1 Å². The largest absolute Gasteiger partial charge is 0.367 e. The molecule has 0 N–H and O–H groups in total. The van der Waals surface area contributed by atoms with Crippen LogP contribution in [0.2, 0.25) is 0 Å². The molecular formula is C25H33N7O. The SMILES string of the molecule is Cc1nc2nc(N3C[C@@H](C)O[C@@H](c4cnn(C5CC5)c4)C3)nc(C3CCCCC3)c2nc1C. The lowest BCUT2D eigenvalue weighted by Crippen LogP contribution is -2.43. The molecule has 0 aromatic carbocycles. The number of rotatable bonds is 4. The molecule has 3 aliphatic rings. The summed E-state index contributed by atoms with van der Waals surface area (Å²) in [5.41, 5.74) is 5.73. The van der Waals surface area contributed by atoms with Crippen LogP contribution in [-0.2, 0) is 4.74 Å². The van der Waals surface area contributed by atoms with Crippen molar-refractivity contribution < 1.29 is 4.74 Å². The summed E-state index contributed by atoms with van der Waals surface area (Å²) in [5.74, 6) is 1.20. The molecule has 33 heavy (non-hydrogen) atoms. The predicted octanol–water partition coefficient (Wildman–Crippen LogP) is 4.58. The molecule has 0 bridgehead atoms. The van der Waals surface area contributed by atoms with Gasteiger partial charge in [-0.25, -0.2) is 15.0 Å². The lowest BCUT2D eigenvalue weighted by atomic mass is 9.86. The maximum atomic E-state index is 6.33. The second kappa shape index (κ2) is 8.31. The fourth-order valence-corrected chi connectivity index (χ4v) is 5.28. The quantitative estimate of drug-likeness (QED) is 0.579. The van der Waals surface area contributed by atoms with Gasteiger partial charge < -0.3 is 9.64 Å². The summed E-state index contributed by atoms with van der Waals surface area (Å²) in [5, 5.41) is 4.58. The molecule has 1 aliphatic heterocycles. The Morgan fingerprint density at radius 3 is 2.48 bits per heavy atom. The number of aryl methyl sites for hydroxylation is 2. The maximum Gasteiger partial charge on any atom is 0.227 e. The Labute approximate surface area is 194 Å². The van der Waals surface area contributed by atoms with Crippen molar-refractivity contribution in [2.24, 2.45) is 0 Å². The van der Waals surface area contributed by atoms with E-state index in [-0.39, 0.29) is 12.2 Å². The number of morpholine rings is 1. The molecule has 3 fully saturated rings. The highest BCUT2D eigenvalue weighted by molar-refractivity contribution is 5.75. The van der Waals surface area contributed by atoms with Crippen molar-refractivity contribution >= 4 is 17.1 Å². The number of anilines is 1. The predicted molar refractivity (Wildman–Crippen MR) is 126 cm³/mol. The van der Waals surface area contributed by atoms with E-state index in [0.29, 0.717) is 18.5 Å². The standard InChI is InChI=1S/C25H33N7O/c1-15-12-31(14-21(33-15)19-11-26-32(13-19)20-9-10-20)25-29-22(18-7-5-4-6-8-18)23-24(30-25)28-17(3)16(2)27-23/h11,13,15,18,20-21H,4-10,12,14H2,1-3H3/t15-,21-/m1/s1. The molecule has 3 aromatic heterocycles. The molecule has 174 valence electrons. The van der Waals surface area contributed by atoms with Crippen LogP contribution in [0.15, 0.2) is 12.4 Å². The molecule has 2 aliphatic carbocycles. The van der Waals surface area contributed by atoms with Crippen molar-refractivity contribution in [3.05, 3.63) is 35.0 Å². The van der Waals surface area contributed by atoms with Crippen molar-refractivity contribution in [2.45, 2.75) is 89.9 Å². The van der Waals surface area contributed by atoms with Gasteiger partial charge in [-0.1, -0.05) is 19.3 Å². The van der Waals surface area contributed by atoms with Crippen molar-refractivity contribution in [1.82, 2.24) is 29.7 Å². The van der Waals surface area contributed by atoms with Gasteiger partial charge in [-0.3, -0.25) is 4.68 Å². The van der Waals surface area contributed by atoms with Crippen molar-refractivity contribution in [2.75, 3.05) is 18.0 Å². The van der Waals surface area contributed by atoms with E-state index in [9.17, 15) is 0 Å². The lowest BCUT2D eigenvalue weighted by molar-refractivity contribution is -0.0179. The van der Waals surface area contributed by atoms with Crippen LogP contribution in [-0.4, -0.2) is 48.9 Å². The molecule has 3 aromatic rings. The Kier molecular flexibility index (Phi) is 5.28. The summed E-state index contributed by atoms with van der Waals surface area (Å²) in [6.45, 7) is 7.64. The number of fused-ring (bicyclic) bond motifs is 1. The molecule has 6 rings (SSSR count). The van der Waals surface area contributed by atoms with Crippen LogP contribution in [0, 0.1) is 13.8 Å². The van der Waals surface area contributed by atoms with E-state index in [1.54, 1.807) is 0 Å². The number of aromatic nitrogens is 6. The first kappa shape index (κ1) is 21.0. The average Bonchev–Trinajstić information content (AvgIpc) is 3.55. The number of nitrogens with zero attached hydrogens (tertiary/aromatic N) is 7. The van der Waals surface area contributed by atoms with Crippen molar-refractivity contribution in [3.63, 3.8) is 0 Å². The van der Waals surface area contributed by atoms with E-state index >= 15 is 0 Å². The van der Waals surface area contributed by atoms with Crippen LogP contribution in [0.3, 0.4) is 0 Å². The van der Waals surface area contributed by atoms with E-state index in [1.165, 1.54) is 44.9 Å². The van der Waals surface area contributed by atoms with E-state index in [0.717, 1.165) is 46.3 Å². The first-order chi connectivity index (χ1) is 16.0. The third kappa shape index (κ3) is 4.09. The zero-order chi connectivity index (χ0) is 22.5. The molecule has 0 radical (unpaired) electrons. The van der Waals surface area contributed by atoms with Crippen molar-refractivity contribution in [3.8, 4) is 0 Å². The molecule has 0 spiro atoms. The minimum absolute atomic E-state index is 0.0375. The maximum absolute atomic E-state index is 6.33. The highest BCUT2D eigenvalue weighted by Crippen LogP contribution is 2.37. The van der Waals surface area contributed by atoms with Crippen LogP contribution in [0.4, 0.5) is 5.95 Å². The molecule has 1 saturated heterocycles. The van der Waals surface area contributed by atoms with Gasteiger partial charge in [0, 0.05) is 24.2 Å². The fraction of sp³-hybridized carbons (Fsp3) is 0.640. The molecule has 8 heteroatoms. The van der Waals surface area contributed by atoms with Gasteiger partial charge in [-0.05, 0) is 46.5 Å². The van der Waals surface area contributed by atoms with Crippen LogP contribution in [0.25, 0.3) is 11.2 Å². The van der Waals surface area contributed by atoms with Crippen LogP contribution in [0.5, 0.6) is 0 Å². The number of hydrogen-bond acceptors (Lipinski definition) is 7. The van der Waals surface area contributed by atoms with Gasteiger partial charge in [0.15, 0.2) is 5.65 Å². The average molecular weight is 448 g/mol. The monoisotopic (exact) mass is 447 g/mol. The normalized spacial score (nSPS) is 24.5. The summed E-state index contributed by atoms with van der Waals surface area (Å²) in [6, 6.07) is 0.572. The molecule has 0 amide bonds. The van der Waals surface area contributed by atoms with Gasteiger partial charge in [0.25, 0.3) is 0 Å². The van der Waals surface area contributed by atoms with Crippen molar-refractivity contribution in [1.29, 1.82) is 0 Å². The Bertz CT molecular complexity index is 1170. The minimum atomic E-state index is -0.0375. The van der Waals surface area contributed by atoms with Gasteiger partial charge in [0.2, 0.25) is 5.95 Å². The van der Waals surface area contributed by atoms with Crippen LogP contribution in [0.1, 0.15) is 92.6 Å². The first-order valence-electron chi connectivity index (χ1n) is 12.5. The van der Waals surface area contributed by atoms with Crippen LogP contribution < -0.4 is 4.90 Å². The van der Waals surface area contributed by atoms with Gasteiger partial charge >= 0.3 is 0 Å². The first-order valence-corrected chi connectivity index (χ1v) is 12.5. The topological polar surface area (TPSA) is 81.9 Å².